The summed E-state index contributed by atoms with van der Waals surface area (Å²) in [5, 5.41) is 8.61. The summed E-state index contributed by atoms with van der Waals surface area (Å²) in [7, 11) is 0. The minimum absolute atomic E-state index is 0.243. The van der Waals surface area contributed by atoms with Crippen molar-refractivity contribution in [2.24, 2.45) is 0 Å². The largest absolute Gasteiger partial charge is 0.430 e. The summed E-state index contributed by atoms with van der Waals surface area (Å²) < 4.78 is 49.4. The van der Waals surface area contributed by atoms with Gasteiger partial charge in [-0.15, -0.1) is 0 Å². The lowest BCUT2D eigenvalue weighted by atomic mass is 10.4. The predicted molar refractivity (Wildman–Crippen MR) is 27.9 cm³/mol. The molecule has 2 N–H and O–H groups in total. The van der Waals surface area contributed by atoms with E-state index in [1.807, 2.05) is 0 Å². The summed E-state index contributed by atoms with van der Waals surface area (Å²) in [4.78, 5) is 0. The molecule has 0 spiro atoms. The molecule has 1 aliphatic heterocycles. The molecule has 1 rings (SSSR count). The molecule has 58 valence electrons. The van der Waals surface area contributed by atoms with Crippen LogP contribution in [0.2, 0.25) is 1.41 Å². The van der Waals surface area contributed by atoms with Crippen LogP contribution < -0.4 is 5.31 Å². The quantitative estimate of drug-likeness (QED) is 0.540. The Kier molecular flexibility index (Phi) is 1.08. The highest BCUT2D eigenvalue weighted by atomic mass is 19.4. The zero-order valence-electron chi connectivity index (χ0n) is 6.81. The molecule has 1 unspecified atom stereocenters. The van der Waals surface area contributed by atoms with Crippen molar-refractivity contribution in [3.05, 3.63) is 11.8 Å². The Labute approximate surface area is 58.2 Å². The highest BCUT2D eigenvalue weighted by Gasteiger charge is 2.36. The van der Waals surface area contributed by atoms with E-state index in [1.165, 1.54) is 0 Å². The van der Waals surface area contributed by atoms with Gasteiger partial charge in [0, 0.05) is 6.42 Å². The van der Waals surface area contributed by atoms with Crippen molar-refractivity contribution in [3.63, 3.8) is 0 Å². The van der Waals surface area contributed by atoms with Gasteiger partial charge in [-0.1, -0.05) is 6.08 Å². The van der Waals surface area contributed by atoms with Crippen molar-refractivity contribution < 1.29 is 21.1 Å². The molecule has 0 saturated carbocycles. The number of aliphatic hydroxyl groups is 1. The lowest BCUT2D eigenvalue weighted by Crippen LogP contribution is -2.29. The van der Waals surface area contributed by atoms with Crippen molar-refractivity contribution >= 4 is 0 Å². The van der Waals surface area contributed by atoms with Crippen LogP contribution in [0, 0.1) is 0 Å². The van der Waals surface area contributed by atoms with E-state index >= 15 is 0 Å². The summed E-state index contributed by atoms with van der Waals surface area (Å²) in [6, 6.07) is 0. The maximum Gasteiger partial charge on any atom is 0.430 e. The van der Waals surface area contributed by atoms with Gasteiger partial charge < -0.3 is 10.4 Å². The average Bonchev–Trinajstić information content (AvgIpc) is 2.06. The van der Waals surface area contributed by atoms with Gasteiger partial charge >= 0.3 is 6.18 Å². The Balaban J connectivity index is 2.86. The van der Waals surface area contributed by atoms with Gasteiger partial charge in [-0.25, -0.2) is 0 Å². The van der Waals surface area contributed by atoms with Gasteiger partial charge in [0.15, 0.2) is 1.41 Å². The minimum atomic E-state index is -4.67. The molecule has 1 heterocycles. The van der Waals surface area contributed by atoms with Crippen LogP contribution in [0.4, 0.5) is 13.2 Å². The number of halogens is 3. The molecule has 0 fully saturated rings. The topological polar surface area (TPSA) is 32.3 Å². The second-order valence-corrected chi connectivity index (χ2v) is 1.82. The number of nitrogens with one attached hydrogen (secondary N) is 1. The van der Waals surface area contributed by atoms with Gasteiger partial charge in [-0.05, 0) is 0 Å². The van der Waals surface area contributed by atoms with E-state index in [0.717, 1.165) is 0 Å². The number of rotatable bonds is 0. The van der Waals surface area contributed by atoms with Crippen LogP contribution in [0.15, 0.2) is 11.8 Å². The zero-order valence-corrected chi connectivity index (χ0v) is 4.81. The normalized spacial score (nSPS) is 37.2. The molecular weight excluding hydrogens is 147 g/mol. The first kappa shape index (κ1) is 5.01. The van der Waals surface area contributed by atoms with Gasteiger partial charge in [-0.3, -0.25) is 0 Å². The van der Waals surface area contributed by atoms with Crippen LogP contribution in [-0.4, -0.2) is 17.5 Å². The second kappa shape index (κ2) is 2.16. The minimum Gasteiger partial charge on any atom is -0.373 e. The van der Waals surface area contributed by atoms with E-state index in [1.54, 1.807) is 0 Å². The Morgan fingerprint density at radius 3 is 2.70 bits per heavy atom. The molecule has 0 saturated heterocycles. The molecule has 0 radical (unpaired) electrons. The molecule has 10 heavy (non-hydrogen) atoms. The Morgan fingerprint density at radius 1 is 1.90 bits per heavy atom. The summed E-state index contributed by atoms with van der Waals surface area (Å²) in [5.41, 5.74) is -1.29. The third-order valence-corrected chi connectivity index (χ3v) is 1.02. The van der Waals surface area contributed by atoms with Crippen molar-refractivity contribution in [2.75, 3.05) is 0 Å². The Morgan fingerprint density at radius 2 is 2.50 bits per heavy atom. The summed E-state index contributed by atoms with van der Waals surface area (Å²) >= 11 is 0. The molecule has 0 aromatic heterocycles. The van der Waals surface area contributed by atoms with E-state index in [0.29, 0.717) is 6.08 Å². The fraction of sp³-hybridized carbons (Fsp3) is 0.600. The third kappa shape index (κ3) is 1.41. The van der Waals surface area contributed by atoms with E-state index in [9.17, 15) is 13.2 Å². The molecular formula is C5H6F3NO. The van der Waals surface area contributed by atoms with Gasteiger partial charge in [0.05, 0.1) is 1.37 Å². The first-order valence-corrected chi connectivity index (χ1v) is 2.54. The number of hydrogen-bond donors (Lipinski definition) is 2. The second-order valence-electron chi connectivity index (χ2n) is 1.82. The van der Waals surface area contributed by atoms with E-state index in [2.05, 4.69) is 0 Å². The van der Waals surface area contributed by atoms with Gasteiger partial charge in [0.25, 0.3) is 0 Å². The first-order valence-electron chi connectivity index (χ1n) is 3.49. The van der Waals surface area contributed by atoms with Gasteiger partial charge in [-0.2, -0.15) is 13.2 Å². The summed E-state index contributed by atoms with van der Waals surface area (Å²) in [6.45, 7) is 0. The van der Waals surface area contributed by atoms with Crippen LogP contribution >= 0.6 is 0 Å². The van der Waals surface area contributed by atoms with Crippen LogP contribution in [0.3, 0.4) is 0 Å². The smallest absolute Gasteiger partial charge is 0.373 e. The monoisotopic (exact) mass is 155 g/mol. The molecule has 0 amide bonds. The number of allylic oxidation sites excluding steroid dienone is 1. The average molecular weight is 155 g/mol. The van der Waals surface area contributed by atoms with Crippen LogP contribution in [0.1, 0.15) is 7.79 Å². The number of alkyl halides is 3. The number of hydrogen-bond acceptors (Lipinski definition) is 2. The summed E-state index contributed by atoms with van der Waals surface area (Å²) in [6.07, 6.45) is -7.04. The van der Waals surface area contributed by atoms with Crippen molar-refractivity contribution in [2.45, 2.75) is 18.8 Å². The molecule has 0 aromatic rings. The fourth-order valence-corrected chi connectivity index (χ4v) is 0.597. The summed E-state index contributed by atoms with van der Waals surface area (Å²) in [5.74, 6) is 0. The van der Waals surface area contributed by atoms with Crippen LogP contribution in [0.5, 0.6) is 0 Å². The van der Waals surface area contributed by atoms with E-state index < -0.39 is 24.5 Å². The van der Waals surface area contributed by atoms with Crippen LogP contribution in [0.25, 0.3) is 0 Å². The van der Waals surface area contributed by atoms with Crippen LogP contribution in [-0.2, 0) is 0 Å². The van der Waals surface area contributed by atoms with E-state index in [4.69, 9.17) is 7.89 Å². The SMILES string of the molecule is [2H]N1C(C(F)(F)F)=CCC1([2H])O. The molecule has 0 aliphatic carbocycles. The maximum atomic E-state index is 11.9. The Bertz CT molecular complexity index is 225. The highest BCUT2D eigenvalue weighted by Crippen LogP contribution is 2.26. The lowest BCUT2D eigenvalue weighted by Gasteiger charge is -2.09. The highest BCUT2D eigenvalue weighted by molar-refractivity contribution is 5.12. The molecule has 2 nitrogen and oxygen atoms in total. The molecule has 5 heteroatoms. The zero-order chi connectivity index (χ0) is 9.57. The molecule has 0 aromatic carbocycles. The molecule has 0 bridgehead atoms. The van der Waals surface area contributed by atoms with Crippen molar-refractivity contribution in [1.29, 1.82) is 0 Å². The lowest BCUT2D eigenvalue weighted by molar-refractivity contribution is -0.0986. The third-order valence-electron chi connectivity index (χ3n) is 1.02. The molecule has 1 aliphatic rings. The fourth-order valence-electron chi connectivity index (χ4n) is 0.597. The molecule has 1 atom stereocenters. The van der Waals surface area contributed by atoms with Crippen molar-refractivity contribution in [1.82, 2.24) is 5.31 Å². The predicted octanol–water partition coefficient (Wildman–Crippen LogP) is 0.744. The Hall–Kier alpha value is -0.710. The van der Waals surface area contributed by atoms with E-state index in [-0.39, 0.29) is 5.31 Å². The maximum absolute atomic E-state index is 11.9. The standard InChI is InChI=1S/C5H6F3NO/c6-5(7,8)3-1-2-4(10)9-3/h1,4,9-10H,2H2/i4D/hD. The first-order chi connectivity index (χ1) is 5.25. The van der Waals surface area contributed by atoms with Crippen molar-refractivity contribution in [3.8, 4) is 0 Å². The van der Waals surface area contributed by atoms with Gasteiger partial charge in [0.2, 0.25) is 0 Å². The van der Waals surface area contributed by atoms with Gasteiger partial charge in [0.1, 0.15) is 11.9 Å².